The summed E-state index contributed by atoms with van der Waals surface area (Å²) in [5.41, 5.74) is 1.03. The maximum absolute atomic E-state index is 13.1. The molecule has 0 radical (unpaired) electrons. The first-order chi connectivity index (χ1) is 7.63. The van der Waals surface area contributed by atoms with Crippen LogP contribution < -0.4 is 5.32 Å². The van der Waals surface area contributed by atoms with Gasteiger partial charge in [0.1, 0.15) is 5.82 Å². The van der Waals surface area contributed by atoms with Gasteiger partial charge in [0.25, 0.3) is 0 Å². The van der Waals surface area contributed by atoms with Gasteiger partial charge in [0.15, 0.2) is 0 Å². The summed E-state index contributed by atoms with van der Waals surface area (Å²) < 4.78 is 13.9. The molecule has 4 heteroatoms. The van der Waals surface area contributed by atoms with Crippen molar-refractivity contribution in [1.82, 2.24) is 5.32 Å². The highest BCUT2D eigenvalue weighted by atomic mass is 79.9. The first-order valence-corrected chi connectivity index (χ1v) is 6.72. The monoisotopic (exact) mass is 305 g/mol. The fourth-order valence-corrected chi connectivity index (χ4v) is 2.84. The highest BCUT2D eigenvalue weighted by Crippen LogP contribution is 2.33. The molecule has 0 aliphatic heterocycles. The highest BCUT2D eigenvalue weighted by Gasteiger charge is 2.35. The molecule has 1 aromatic carbocycles. The van der Waals surface area contributed by atoms with E-state index < -0.39 is 0 Å². The lowest BCUT2D eigenvalue weighted by molar-refractivity contribution is 0.211. The van der Waals surface area contributed by atoms with Crippen LogP contribution in [0, 0.1) is 5.82 Å². The van der Waals surface area contributed by atoms with Crippen LogP contribution in [0.2, 0.25) is 0 Å². The lowest BCUT2D eigenvalue weighted by Crippen LogP contribution is -2.52. The maximum atomic E-state index is 13.1. The van der Waals surface area contributed by atoms with E-state index in [2.05, 4.69) is 21.2 Å². The molecular weight excluding hydrogens is 292 g/mol. The van der Waals surface area contributed by atoms with Crippen molar-refractivity contribution in [2.75, 3.05) is 5.88 Å². The van der Waals surface area contributed by atoms with Crippen LogP contribution in [0.4, 0.5) is 4.39 Å². The van der Waals surface area contributed by atoms with Gasteiger partial charge < -0.3 is 5.32 Å². The summed E-state index contributed by atoms with van der Waals surface area (Å²) in [4.78, 5) is 0. The van der Waals surface area contributed by atoms with Crippen molar-refractivity contribution in [3.63, 3.8) is 0 Å². The Labute approximate surface area is 109 Å². The molecule has 0 amide bonds. The zero-order valence-corrected chi connectivity index (χ0v) is 11.2. The predicted octanol–water partition coefficient (Wildman–Crippen LogP) is 3.84. The Kier molecular flexibility index (Phi) is 3.88. The van der Waals surface area contributed by atoms with E-state index in [1.165, 1.54) is 12.5 Å². The number of halogens is 3. The molecule has 1 fully saturated rings. The first kappa shape index (κ1) is 12.3. The van der Waals surface area contributed by atoms with Crippen LogP contribution in [0.3, 0.4) is 0 Å². The lowest BCUT2D eigenvalue weighted by atomic mass is 9.78. The minimum atomic E-state index is -0.209. The van der Waals surface area contributed by atoms with E-state index in [1.807, 2.05) is 6.07 Å². The molecule has 1 N–H and O–H groups in total. The predicted molar refractivity (Wildman–Crippen MR) is 68.2 cm³/mol. The van der Waals surface area contributed by atoms with Gasteiger partial charge in [-0.15, -0.1) is 11.6 Å². The normalized spacial score (nSPS) is 18.2. The molecule has 0 heterocycles. The van der Waals surface area contributed by atoms with Crippen LogP contribution in [-0.4, -0.2) is 11.4 Å². The highest BCUT2D eigenvalue weighted by molar-refractivity contribution is 9.10. The molecule has 1 saturated carbocycles. The van der Waals surface area contributed by atoms with Crippen molar-refractivity contribution in [3.05, 3.63) is 34.1 Å². The quantitative estimate of drug-likeness (QED) is 0.834. The summed E-state index contributed by atoms with van der Waals surface area (Å²) in [7, 11) is 0. The Hall–Kier alpha value is -0.120. The van der Waals surface area contributed by atoms with Gasteiger partial charge in [-0.25, -0.2) is 4.39 Å². The van der Waals surface area contributed by atoms with Crippen molar-refractivity contribution < 1.29 is 4.39 Å². The molecule has 0 unspecified atom stereocenters. The number of hydrogen-bond acceptors (Lipinski definition) is 1. The lowest BCUT2D eigenvalue weighted by Gasteiger charge is -2.41. The van der Waals surface area contributed by atoms with Gasteiger partial charge in [-0.1, -0.05) is 15.9 Å². The third-order valence-electron chi connectivity index (χ3n) is 3.16. The van der Waals surface area contributed by atoms with Crippen LogP contribution in [0.25, 0.3) is 0 Å². The molecule has 2 rings (SSSR count). The van der Waals surface area contributed by atoms with E-state index >= 15 is 0 Å². The van der Waals surface area contributed by atoms with Gasteiger partial charge in [-0.3, -0.25) is 0 Å². The van der Waals surface area contributed by atoms with Gasteiger partial charge in [-0.2, -0.15) is 0 Å². The molecule has 0 spiro atoms. The molecule has 16 heavy (non-hydrogen) atoms. The molecule has 1 nitrogen and oxygen atoms in total. The SMILES string of the molecule is Fc1cc(Br)cc(CNC2(CCl)CCC2)c1. The summed E-state index contributed by atoms with van der Waals surface area (Å²) >= 11 is 9.23. The average Bonchev–Trinajstić information content (AvgIpc) is 2.15. The number of benzene rings is 1. The van der Waals surface area contributed by atoms with E-state index in [1.54, 1.807) is 6.07 Å². The first-order valence-electron chi connectivity index (χ1n) is 5.40. The summed E-state index contributed by atoms with van der Waals surface area (Å²) in [6.07, 6.45) is 3.46. The number of alkyl halides is 1. The second kappa shape index (κ2) is 5.03. The van der Waals surface area contributed by atoms with Crippen LogP contribution in [0.1, 0.15) is 24.8 Å². The minimum absolute atomic E-state index is 0.0837. The molecule has 0 atom stereocenters. The summed E-state index contributed by atoms with van der Waals surface area (Å²) in [6.45, 7) is 0.670. The largest absolute Gasteiger partial charge is 0.306 e. The second-order valence-corrected chi connectivity index (χ2v) is 5.58. The smallest absolute Gasteiger partial charge is 0.124 e. The van der Waals surface area contributed by atoms with E-state index in [0.717, 1.165) is 22.9 Å². The van der Waals surface area contributed by atoms with E-state index in [0.29, 0.717) is 12.4 Å². The summed E-state index contributed by atoms with van der Waals surface area (Å²) in [5, 5.41) is 3.43. The third-order valence-corrected chi connectivity index (χ3v) is 4.13. The van der Waals surface area contributed by atoms with Gasteiger partial charge >= 0.3 is 0 Å². The van der Waals surface area contributed by atoms with Crippen molar-refractivity contribution in [2.45, 2.75) is 31.3 Å². The van der Waals surface area contributed by atoms with Crippen molar-refractivity contribution in [3.8, 4) is 0 Å². The second-order valence-electron chi connectivity index (χ2n) is 4.40. The number of nitrogens with one attached hydrogen (secondary N) is 1. The van der Waals surface area contributed by atoms with Crippen LogP contribution >= 0.6 is 27.5 Å². The molecule has 1 aliphatic carbocycles. The molecule has 0 aromatic heterocycles. The fraction of sp³-hybridized carbons (Fsp3) is 0.500. The van der Waals surface area contributed by atoms with Crippen molar-refractivity contribution >= 4 is 27.5 Å². The fourth-order valence-electron chi connectivity index (χ4n) is 1.96. The molecule has 0 bridgehead atoms. The van der Waals surface area contributed by atoms with E-state index in [9.17, 15) is 4.39 Å². The Balaban J connectivity index is 1.98. The topological polar surface area (TPSA) is 12.0 Å². The Bertz CT molecular complexity index is 354. The van der Waals surface area contributed by atoms with Gasteiger partial charge in [-0.05, 0) is 43.0 Å². The van der Waals surface area contributed by atoms with E-state index in [4.69, 9.17) is 11.6 Å². The van der Waals surface area contributed by atoms with Crippen LogP contribution in [-0.2, 0) is 6.54 Å². The molecular formula is C12H14BrClFN. The Morgan fingerprint density at radius 1 is 1.38 bits per heavy atom. The maximum Gasteiger partial charge on any atom is 0.124 e. The zero-order chi connectivity index (χ0) is 11.6. The van der Waals surface area contributed by atoms with Crippen molar-refractivity contribution in [1.29, 1.82) is 0 Å². The summed E-state index contributed by atoms with van der Waals surface area (Å²) in [5.74, 6) is 0.420. The Morgan fingerprint density at radius 2 is 2.12 bits per heavy atom. The average molecular weight is 307 g/mol. The summed E-state index contributed by atoms with van der Waals surface area (Å²) in [6, 6.07) is 4.94. The molecule has 0 saturated heterocycles. The zero-order valence-electron chi connectivity index (χ0n) is 8.90. The van der Waals surface area contributed by atoms with Crippen molar-refractivity contribution in [2.24, 2.45) is 0 Å². The third kappa shape index (κ3) is 2.76. The number of rotatable bonds is 4. The van der Waals surface area contributed by atoms with Gasteiger partial charge in [0.2, 0.25) is 0 Å². The molecule has 88 valence electrons. The number of hydrogen-bond donors (Lipinski definition) is 1. The van der Waals surface area contributed by atoms with Gasteiger partial charge in [0, 0.05) is 22.4 Å². The standard InChI is InChI=1S/C12H14BrClFN/c13-10-4-9(5-11(15)6-10)7-16-12(8-14)2-1-3-12/h4-6,16H,1-3,7-8H2. The van der Waals surface area contributed by atoms with Crippen LogP contribution in [0.5, 0.6) is 0 Å². The van der Waals surface area contributed by atoms with Crippen LogP contribution in [0.15, 0.2) is 22.7 Å². The Morgan fingerprint density at radius 3 is 2.62 bits per heavy atom. The van der Waals surface area contributed by atoms with Gasteiger partial charge in [0.05, 0.1) is 0 Å². The van der Waals surface area contributed by atoms with E-state index in [-0.39, 0.29) is 11.4 Å². The molecule has 1 aromatic rings. The minimum Gasteiger partial charge on any atom is -0.306 e. The molecule has 1 aliphatic rings.